The maximum absolute atomic E-state index is 11.7. The number of pyridine rings is 2. The van der Waals surface area contributed by atoms with Crippen LogP contribution in [0.15, 0.2) is 49.1 Å². The van der Waals surface area contributed by atoms with E-state index in [9.17, 15) is 9.59 Å². The molecule has 102 valence electrons. The molecule has 0 fully saturated rings. The third-order valence-electron chi connectivity index (χ3n) is 2.42. The topological polar surface area (TPSA) is 59.9 Å². The Kier molecular flexibility index (Phi) is 5.76. The number of carbonyl (C=O) groups is 2. The van der Waals surface area contributed by atoms with Gasteiger partial charge in [0.1, 0.15) is 0 Å². The number of nitrogens with zero attached hydrogens (tertiary/aromatic N) is 2. The fraction of sp³-hybridized carbons (Fsp3) is 0.143. The summed E-state index contributed by atoms with van der Waals surface area (Å²) in [5.41, 5.74) is 1.80. The largest absolute Gasteiger partial charge is 0.286 e. The van der Waals surface area contributed by atoms with Crippen LogP contribution in [0.25, 0.3) is 0 Å². The van der Waals surface area contributed by atoms with Crippen molar-refractivity contribution >= 4 is 31.8 Å². The molecule has 6 heteroatoms. The molecular weight excluding hydrogens is 292 g/mol. The van der Waals surface area contributed by atoms with Crippen LogP contribution >= 0.6 is 21.6 Å². The molecule has 0 saturated carbocycles. The second-order valence-corrected chi connectivity index (χ2v) is 6.22. The summed E-state index contributed by atoms with van der Waals surface area (Å²) in [6.07, 6.45) is 7.21. The van der Waals surface area contributed by atoms with Crippen LogP contribution in [0.1, 0.15) is 11.1 Å². The number of carbonyl (C=O) groups excluding carboxylic acids is 2. The molecule has 0 saturated heterocycles. The Hall–Kier alpha value is -1.66. The summed E-state index contributed by atoms with van der Waals surface area (Å²) in [7, 11) is 1.98. The van der Waals surface area contributed by atoms with Crippen molar-refractivity contribution < 1.29 is 9.59 Å². The SMILES string of the molecule is O=C(Cc1ccncc1)SSC(=O)Cc1ccncc1. The minimum absolute atomic E-state index is 0.0377. The molecule has 4 nitrogen and oxygen atoms in total. The van der Waals surface area contributed by atoms with E-state index in [4.69, 9.17) is 0 Å². The lowest BCUT2D eigenvalue weighted by Crippen LogP contribution is -1.99. The molecule has 0 radical (unpaired) electrons. The van der Waals surface area contributed by atoms with E-state index in [1.807, 2.05) is 0 Å². The molecule has 2 aromatic rings. The number of aromatic nitrogens is 2. The van der Waals surface area contributed by atoms with Gasteiger partial charge in [0, 0.05) is 37.6 Å². The highest BCUT2D eigenvalue weighted by atomic mass is 33.1. The number of hydrogen-bond acceptors (Lipinski definition) is 6. The van der Waals surface area contributed by atoms with Gasteiger partial charge >= 0.3 is 0 Å². The molecule has 2 aromatic heterocycles. The zero-order valence-corrected chi connectivity index (χ0v) is 12.2. The number of rotatable bonds is 4. The Morgan fingerprint density at radius 1 is 0.750 bits per heavy atom. The average molecular weight is 304 g/mol. The standard InChI is InChI=1S/C14H12N2O2S2/c17-13(9-11-1-5-15-6-2-11)19-20-14(18)10-12-3-7-16-8-4-12/h1-8H,9-10H2. The first-order valence-corrected chi connectivity index (χ1v) is 8.07. The summed E-state index contributed by atoms with van der Waals surface area (Å²) < 4.78 is 0. The quantitative estimate of drug-likeness (QED) is 0.809. The number of hydrogen-bond donors (Lipinski definition) is 0. The minimum atomic E-state index is -0.0377. The first kappa shape index (κ1) is 14.7. The van der Waals surface area contributed by atoms with Crippen molar-refractivity contribution in [2.24, 2.45) is 0 Å². The van der Waals surface area contributed by atoms with Crippen LogP contribution in [0.3, 0.4) is 0 Å². The van der Waals surface area contributed by atoms with E-state index in [1.54, 1.807) is 49.1 Å². The van der Waals surface area contributed by atoms with Crippen LogP contribution in [0.5, 0.6) is 0 Å². The van der Waals surface area contributed by atoms with Crippen molar-refractivity contribution in [2.45, 2.75) is 12.8 Å². The Morgan fingerprint density at radius 3 is 1.45 bits per heavy atom. The predicted octanol–water partition coefficient (Wildman–Crippen LogP) is 2.70. The van der Waals surface area contributed by atoms with Gasteiger partial charge in [-0.2, -0.15) is 0 Å². The van der Waals surface area contributed by atoms with Crippen molar-refractivity contribution in [3.8, 4) is 0 Å². The van der Waals surface area contributed by atoms with Crippen LogP contribution in [0.4, 0.5) is 0 Å². The predicted molar refractivity (Wildman–Crippen MR) is 81.1 cm³/mol. The zero-order valence-electron chi connectivity index (χ0n) is 10.6. The molecule has 0 unspecified atom stereocenters. The lowest BCUT2D eigenvalue weighted by Gasteiger charge is -2.01. The van der Waals surface area contributed by atoms with Crippen molar-refractivity contribution in [2.75, 3.05) is 0 Å². The molecule has 0 amide bonds. The fourth-order valence-corrected chi connectivity index (χ4v) is 3.03. The van der Waals surface area contributed by atoms with Gasteiger partial charge in [-0.1, -0.05) is 0 Å². The Labute approximate surface area is 124 Å². The average Bonchev–Trinajstić information content (AvgIpc) is 2.47. The highest BCUT2D eigenvalue weighted by molar-refractivity contribution is 8.87. The van der Waals surface area contributed by atoms with Crippen LogP contribution in [0, 0.1) is 0 Å². The molecule has 2 heterocycles. The minimum Gasteiger partial charge on any atom is -0.286 e. The Bertz CT molecular complexity index is 523. The molecule has 0 aromatic carbocycles. The second kappa shape index (κ2) is 7.81. The van der Waals surface area contributed by atoms with Crippen molar-refractivity contribution in [1.82, 2.24) is 9.97 Å². The van der Waals surface area contributed by atoms with Gasteiger partial charge in [0.2, 0.25) is 10.2 Å². The van der Waals surface area contributed by atoms with Gasteiger partial charge in [0.25, 0.3) is 0 Å². The van der Waals surface area contributed by atoms with Gasteiger partial charge in [-0.25, -0.2) is 0 Å². The van der Waals surface area contributed by atoms with Crippen molar-refractivity contribution in [3.05, 3.63) is 60.2 Å². The van der Waals surface area contributed by atoms with Crippen LogP contribution in [-0.2, 0) is 22.4 Å². The van der Waals surface area contributed by atoms with E-state index in [0.717, 1.165) is 32.7 Å². The van der Waals surface area contributed by atoms with Gasteiger partial charge in [-0.15, -0.1) is 0 Å². The lowest BCUT2D eigenvalue weighted by atomic mass is 10.2. The fourth-order valence-electron chi connectivity index (χ4n) is 1.49. The smallest absolute Gasteiger partial charge is 0.204 e. The molecule has 0 atom stereocenters. The van der Waals surface area contributed by atoms with Gasteiger partial charge in [0.15, 0.2) is 0 Å². The Balaban J connectivity index is 1.75. The highest BCUT2D eigenvalue weighted by Gasteiger charge is 2.10. The molecule has 2 rings (SSSR count). The van der Waals surface area contributed by atoms with Crippen molar-refractivity contribution in [3.63, 3.8) is 0 Å². The van der Waals surface area contributed by atoms with E-state index in [-0.39, 0.29) is 10.2 Å². The van der Waals surface area contributed by atoms with E-state index >= 15 is 0 Å². The van der Waals surface area contributed by atoms with Gasteiger partial charge < -0.3 is 0 Å². The Morgan fingerprint density at radius 2 is 1.10 bits per heavy atom. The molecule has 0 aliphatic carbocycles. The summed E-state index contributed by atoms with van der Waals surface area (Å²) in [6, 6.07) is 7.17. The van der Waals surface area contributed by atoms with Crippen LogP contribution in [0.2, 0.25) is 0 Å². The summed E-state index contributed by atoms with van der Waals surface area (Å²) in [4.78, 5) is 31.2. The van der Waals surface area contributed by atoms with E-state index < -0.39 is 0 Å². The third-order valence-corrected chi connectivity index (χ3v) is 4.53. The normalized spacial score (nSPS) is 10.2. The molecule has 0 spiro atoms. The van der Waals surface area contributed by atoms with Crippen molar-refractivity contribution in [1.29, 1.82) is 0 Å². The summed E-state index contributed by atoms with van der Waals surface area (Å²) in [6.45, 7) is 0. The third kappa shape index (κ3) is 5.14. The lowest BCUT2D eigenvalue weighted by molar-refractivity contribution is -0.111. The van der Waals surface area contributed by atoms with Gasteiger partial charge in [-0.05, 0) is 57.0 Å². The second-order valence-electron chi connectivity index (χ2n) is 3.98. The van der Waals surface area contributed by atoms with Gasteiger partial charge in [-0.3, -0.25) is 19.6 Å². The van der Waals surface area contributed by atoms with E-state index in [1.165, 1.54) is 0 Å². The molecule has 20 heavy (non-hydrogen) atoms. The summed E-state index contributed by atoms with van der Waals surface area (Å²) in [5, 5.41) is -0.0754. The zero-order chi connectivity index (χ0) is 14.2. The summed E-state index contributed by atoms with van der Waals surface area (Å²) in [5.74, 6) is 0. The molecule has 0 aliphatic rings. The van der Waals surface area contributed by atoms with Crippen LogP contribution < -0.4 is 0 Å². The maximum Gasteiger partial charge on any atom is 0.204 e. The highest BCUT2D eigenvalue weighted by Crippen LogP contribution is 2.26. The molecular formula is C14H12N2O2S2. The van der Waals surface area contributed by atoms with E-state index in [2.05, 4.69) is 9.97 Å². The maximum atomic E-state index is 11.7. The summed E-state index contributed by atoms with van der Waals surface area (Å²) >= 11 is 0. The van der Waals surface area contributed by atoms with Crippen LogP contribution in [-0.4, -0.2) is 20.2 Å². The molecule has 0 bridgehead atoms. The molecule has 0 aliphatic heterocycles. The molecule has 0 N–H and O–H groups in total. The first-order valence-electron chi connectivity index (χ1n) is 5.92. The monoisotopic (exact) mass is 304 g/mol. The first-order chi connectivity index (χ1) is 9.74. The van der Waals surface area contributed by atoms with Gasteiger partial charge in [0.05, 0.1) is 0 Å². The van der Waals surface area contributed by atoms with E-state index in [0.29, 0.717) is 12.8 Å².